The van der Waals surface area contributed by atoms with Gasteiger partial charge in [-0.15, -0.1) is 0 Å². The van der Waals surface area contributed by atoms with Gasteiger partial charge in [-0.05, 0) is 48.4 Å². The van der Waals surface area contributed by atoms with Crippen LogP contribution in [0.25, 0.3) is 5.57 Å². The van der Waals surface area contributed by atoms with E-state index in [9.17, 15) is 0 Å². The lowest BCUT2D eigenvalue weighted by atomic mass is 9.70. The number of nitrogens with zero attached hydrogens (tertiary/aromatic N) is 1. The van der Waals surface area contributed by atoms with Crippen molar-refractivity contribution in [1.29, 1.82) is 0 Å². The summed E-state index contributed by atoms with van der Waals surface area (Å²) in [4.78, 5) is 2.40. The van der Waals surface area contributed by atoms with Gasteiger partial charge in [0.1, 0.15) is 0 Å². The van der Waals surface area contributed by atoms with Crippen LogP contribution in [-0.2, 0) is 4.74 Å². The zero-order valence-corrected chi connectivity index (χ0v) is 14.6. The molecular formula is C20H30N2O. The lowest BCUT2D eigenvalue weighted by Crippen LogP contribution is -2.36. The largest absolute Gasteiger partial charge is 0.398 e. The normalized spacial score (nSPS) is 21.1. The van der Waals surface area contributed by atoms with Crippen LogP contribution in [0.5, 0.6) is 0 Å². The molecule has 1 saturated heterocycles. The van der Waals surface area contributed by atoms with Crippen LogP contribution < -0.4 is 10.6 Å². The van der Waals surface area contributed by atoms with Crippen LogP contribution in [-0.4, -0.2) is 26.3 Å². The van der Waals surface area contributed by atoms with Gasteiger partial charge in [-0.25, -0.2) is 0 Å². The van der Waals surface area contributed by atoms with Crippen molar-refractivity contribution >= 4 is 16.9 Å². The number of allylic oxidation sites excluding steroid dienone is 2. The first-order valence-electron chi connectivity index (χ1n) is 9.09. The fourth-order valence-electron chi connectivity index (χ4n) is 3.92. The molecule has 1 aliphatic heterocycles. The van der Waals surface area contributed by atoms with Gasteiger partial charge in [0.15, 0.2) is 0 Å². The summed E-state index contributed by atoms with van der Waals surface area (Å²) in [5, 5.41) is 0. The van der Waals surface area contributed by atoms with Crippen molar-refractivity contribution in [2.45, 2.75) is 46.0 Å². The van der Waals surface area contributed by atoms with Crippen molar-refractivity contribution in [3.63, 3.8) is 0 Å². The number of hydrogen-bond acceptors (Lipinski definition) is 3. The molecule has 3 rings (SSSR count). The fraction of sp³-hybridized carbons (Fsp3) is 0.600. The van der Waals surface area contributed by atoms with Crippen molar-refractivity contribution < 1.29 is 4.74 Å². The molecule has 0 spiro atoms. The number of nitrogens with two attached hydrogens (primary N) is 1. The Labute approximate surface area is 140 Å². The van der Waals surface area contributed by atoms with Gasteiger partial charge in [0.2, 0.25) is 0 Å². The second kappa shape index (κ2) is 6.96. The molecule has 23 heavy (non-hydrogen) atoms. The third-order valence-corrected chi connectivity index (χ3v) is 5.97. The molecule has 1 fully saturated rings. The minimum absolute atomic E-state index is 0.514. The van der Waals surface area contributed by atoms with Gasteiger partial charge in [-0.3, -0.25) is 0 Å². The lowest BCUT2D eigenvalue weighted by molar-refractivity contribution is 0.122. The second-order valence-corrected chi connectivity index (χ2v) is 7.01. The van der Waals surface area contributed by atoms with Crippen LogP contribution >= 0.6 is 0 Å². The highest BCUT2D eigenvalue weighted by atomic mass is 16.5. The Morgan fingerprint density at radius 3 is 2.52 bits per heavy atom. The van der Waals surface area contributed by atoms with E-state index in [4.69, 9.17) is 10.5 Å². The van der Waals surface area contributed by atoms with Gasteiger partial charge in [-0.2, -0.15) is 0 Å². The van der Waals surface area contributed by atoms with E-state index in [0.29, 0.717) is 5.41 Å². The van der Waals surface area contributed by atoms with Crippen molar-refractivity contribution in [1.82, 2.24) is 0 Å². The monoisotopic (exact) mass is 314 g/mol. The van der Waals surface area contributed by atoms with E-state index in [-0.39, 0.29) is 0 Å². The van der Waals surface area contributed by atoms with Crippen molar-refractivity contribution in [2.24, 2.45) is 5.41 Å². The number of rotatable bonds is 4. The molecule has 2 aliphatic rings. The number of anilines is 2. The summed E-state index contributed by atoms with van der Waals surface area (Å²) >= 11 is 0. The second-order valence-electron chi connectivity index (χ2n) is 7.01. The Balaban J connectivity index is 1.83. The average Bonchev–Trinajstić information content (AvgIpc) is 2.63. The number of morpholine rings is 1. The number of nitrogen functional groups attached to an aromatic ring is 1. The Bertz CT molecular complexity index is 569. The maximum Gasteiger partial charge on any atom is 0.0642 e. The first-order chi connectivity index (χ1) is 11.2. The predicted molar refractivity (Wildman–Crippen MR) is 98.7 cm³/mol. The molecule has 1 aromatic rings. The van der Waals surface area contributed by atoms with Crippen LogP contribution in [0, 0.1) is 5.41 Å². The summed E-state index contributed by atoms with van der Waals surface area (Å²) in [5.41, 5.74) is 11.7. The fourth-order valence-corrected chi connectivity index (χ4v) is 3.92. The van der Waals surface area contributed by atoms with E-state index in [1.807, 2.05) is 0 Å². The van der Waals surface area contributed by atoms with Gasteiger partial charge in [0.05, 0.1) is 13.2 Å². The summed E-state index contributed by atoms with van der Waals surface area (Å²) < 4.78 is 5.46. The van der Waals surface area contributed by atoms with E-state index in [2.05, 4.69) is 43.0 Å². The maximum absolute atomic E-state index is 6.30. The minimum Gasteiger partial charge on any atom is -0.398 e. The van der Waals surface area contributed by atoms with E-state index in [1.165, 1.54) is 42.5 Å². The van der Waals surface area contributed by atoms with Gasteiger partial charge in [0, 0.05) is 30.0 Å². The molecule has 3 heteroatoms. The summed E-state index contributed by atoms with van der Waals surface area (Å²) in [6.45, 7) is 8.23. The molecule has 3 nitrogen and oxygen atoms in total. The summed E-state index contributed by atoms with van der Waals surface area (Å²) in [6.07, 6.45) is 8.63. The third-order valence-electron chi connectivity index (χ3n) is 5.97. The Morgan fingerprint density at radius 1 is 1.17 bits per heavy atom. The van der Waals surface area contributed by atoms with Crippen LogP contribution in [0.4, 0.5) is 11.4 Å². The zero-order valence-electron chi connectivity index (χ0n) is 14.6. The molecule has 0 unspecified atom stereocenters. The Morgan fingerprint density at radius 2 is 1.91 bits per heavy atom. The van der Waals surface area contributed by atoms with Gasteiger partial charge in [-0.1, -0.05) is 32.8 Å². The molecule has 1 heterocycles. The van der Waals surface area contributed by atoms with Gasteiger partial charge in [0.25, 0.3) is 0 Å². The summed E-state index contributed by atoms with van der Waals surface area (Å²) in [7, 11) is 0. The number of benzene rings is 1. The highest BCUT2D eigenvalue weighted by molar-refractivity contribution is 5.78. The highest BCUT2D eigenvalue weighted by Crippen LogP contribution is 2.44. The van der Waals surface area contributed by atoms with Crippen LogP contribution in [0.2, 0.25) is 0 Å². The van der Waals surface area contributed by atoms with Crippen molar-refractivity contribution in [2.75, 3.05) is 36.9 Å². The molecule has 126 valence electrons. The van der Waals surface area contributed by atoms with E-state index >= 15 is 0 Å². The first kappa shape index (κ1) is 16.4. The summed E-state index contributed by atoms with van der Waals surface area (Å²) in [5.74, 6) is 0. The SMILES string of the molecule is CCC1(CC)CC=C(c2cc(N3CCOCC3)ccc2N)CC1. The van der Waals surface area contributed by atoms with Crippen LogP contribution in [0.15, 0.2) is 24.3 Å². The Hall–Kier alpha value is -1.48. The summed E-state index contributed by atoms with van der Waals surface area (Å²) in [6, 6.07) is 6.51. The standard InChI is InChI=1S/C20H30N2O/c1-3-20(4-2)9-7-16(8-10-20)18-15-17(5-6-19(18)21)22-11-13-23-14-12-22/h5-7,15H,3-4,8-14,21H2,1-2H3. The molecule has 0 saturated carbocycles. The predicted octanol–water partition coefficient (Wildman–Crippen LogP) is 4.48. The molecule has 0 aromatic heterocycles. The van der Waals surface area contributed by atoms with E-state index < -0.39 is 0 Å². The average molecular weight is 314 g/mol. The molecule has 0 amide bonds. The molecule has 1 aromatic carbocycles. The van der Waals surface area contributed by atoms with E-state index in [0.717, 1.165) is 38.4 Å². The lowest BCUT2D eigenvalue weighted by Gasteiger charge is -2.35. The third kappa shape index (κ3) is 3.40. The Kier molecular flexibility index (Phi) is 4.96. The molecule has 2 N–H and O–H groups in total. The molecule has 0 atom stereocenters. The van der Waals surface area contributed by atoms with Crippen molar-refractivity contribution in [3.05, 3.63) is 29.8 Å². The molecule has 1 aliphatic carbocycles. The van der Waals surface area contributed by atoms with Crippen molar-refractivity contribution in [3.8, 4) is 0 Å². The molecular weight excluding hydrogens is 284 g/mol. The smallest absolute Gasteiger partial charge is 0.0642 e. The maximum atomic E-state index is 6.30. The molecule has 0 radical (unpaired) electrons. The zero-order chi connectivity index (χ0) is 16.3. The minimum atomic E-state index is 0.514. The van der Waals surface area contributed by atoms with Gasteiger partial charge >= 0.3 is 0 Å². The highest BCUT2D eigenvalue weighted by Gasteiger charge is 2.29. The van der Waals surface area contributed by atoms with E-state index in [1.54, 1.807) is 0 Å². The van der Waals surface area contributed by atoms with Crippen LogP contribution in [0.3, 0.4) is 0 Å². The van der Waals surface area contributed by atoms with Gasteiger partial charge < -0.3 is 15.4 Å². The quantitative estimate of drug-likeness (QED) is 0.833. The number of hydrogen-bond donors (Lipinski definition) is 1. The molecule has 0 bridgehead atoms. The number of ether oxygens (including phenoxy) is 1. The van der Waals surface area contributed by atoms with Crippen LogP contribution in [0.1, 0.15) is 51.5 Å². The topological polar surface area (TPSA) is 38.5 Å². The first-order valence-corrected chi connectivity index (χ1v) is 9.09.